The standard InChI is InChI=1S/C19H19FN2O.C19H17FN2O.CH4.V.W/c2*1-19(12-23)8-2-3-13-10-18-14(9-17(13)19)11-21-22(18)16-6-4-15(20)5-7-16;;;/h4-7,9-11,23H,2-3,8,12H2,1H3;4-7,9-12H,2-3,8H2,1H3;1H4;;/t2*19-;;;/m11.../s1. The first-order valence-electron chi connectivity index (χ1n) is 15.8. The Morgan fingerprint density at radius 2 is 1.20 bits per heavy atom. The van der Waals surface area contributed by atoms with Crippen LogP contribution < -0.4 is 0 Å². The number of carbonyl (C=O) groups excluding carboxylic acids is 1. The van der Waals surface area contributed by atoms with Crippen LogP contribution in [0.4, 0.5) is 8.78 Å². The molecule has 49 heavy (non-hydrogen) atoms. The van der Waals surface area contributed by atoms with Crippen LogP contribution in [0.25, 0.3) is 33.2 Å². The molecule has 2 aliphatic carbocycles. The van der Waals surface area contributed by atoms with E-state index in [0.29, 0.717) is 0 Å². The number of hydrogen-bond acceptors (Lipinski definition) is 4. The van der Waals surface area contributed by atoms with Gasteiger partial charge in [-0.2, -0.15) is 10.2 Å². The Kier molecular flexibility index (Phi) is 11.9. The molecule has 0 bridgehead atoms. The second-order valence-electron chi connectivity index (χ2n) is 13.2. The number of aromatic nitrogens is 4. The van der Waals surface area contributed by atoms with Crippen molar-refractivity contribution in [3.8, 4) is 11.4 Å². The fourth-order valence-electron chi connectivity index (χ4n) is 7.19. The van der Waals surface area contributed by atoms with Crippen molar-refractivity contribution in [2.45, 2.75) is 70.6 Å². The first kappa shape index (κ1) is 38.4. The number of aliphatic hydroxyl groups excluding tert-OH is 1. The summed E-state index contributed by atoms with van der Waals surface area (Å²) < 4.78 is 29.9. The molecule has 2 atom stereocenters. The number of aryl methyl sites for hydroxylation is 2. The van der Waals surface area contributed by atoms with Crippen LogP contribution in [0.2, 0.25) is 0 Å². The van der Waals surface area contributed by atoms with Crippen molar-refractivity contribution in [1.82, 2.24) is 19.6 Å². The van der Waals surface area contributed by atoms with E-state index in [2.05, 4.69) is 41.4 Å². The molecule has 2 aromatic heterocycles. The van der Waals surface area contributed by atoms with Gasteiger partial charge in [0.05, 0.1) is 41.4 Å². The summed E-state index contributed by atoms with van der Waals surface area (Å²) in [5.74, 6) is -0.509. The molecule has 0 saturated carbocycles. The van der Waals surface area contributed by atoms with Gasteiger partial charge in [-0.15, -0.1) is 0 Å². The Bertz CT molecular complexity index is 2080. The minimum atomic E-state index is -0.403. The van der Waals surface area contributed by atoms with E-state index in [1.165, 1.54) is 41.0 Å². The van der Waals surface area contributed by atoms with Crippen LogP contribution in [-0.2, 0) is 68.1 Å². The molecule has 10 heteroatoms. The number of nitrogens with zero attached hydrogens (tertiary/aromatic N) is 4. The predicted octanol–water partition coefficient (Wildman–Crippen LogP) is 8.34. The second kappa shape index (κ2) is 15.2. The number of aliphatic hydroxyl groups is 1. The van der Waals surface area contributed by atoms with Gasteiger partial charge in [-0.25, -0.2) is 18.1 Å². The van der Waals surface area contributed by atoms with Crippen molar-refractivity contribution >= 4 is 28.1 Å². The van der Waals surface area contributed by atoms with Gasteiger partial charge in [-0.1, -0.05) is 14.4 Å². The summed E-state index contributed by atoms with van der Waals surface area (Å²) in [6.07, 6.45) is 10.7. The van der Waals surface area contributed by atoms with Gasteiger partial charge in [0, 0.05) is 61.2 Å². The average molecular weight is 870 g/mol. The summed E-state index contributed by atoms with van der Waals surface area (Å²) in [5, 5.41) is 20.8. The molecule has 4 aromatic carbocycles. The van der Waals surface area contributed by atoms with Gasteiger partial charge in [0.25, 0.3) is 0 Å². The topological polar surface area (TPSA) is 72.9 Å². The third-order valence-electron chi connectivity index (χ3n) is 9.92. The van der Waals surface area contributed by atoms with Crippen molar-refractivity contribution in [3.05, 3.63) is 119 Å². The van der Waals surface area contributed by atoms with E-state index in [1.807, 2.05) is 22.5 Å². The molecule has 1 N–H and O–H groups in total. The number of fused-ring (bicyclic) bond motifs is 4. The second-order valence-corrected chi connectivity index (χ2v) is 13.2. The SMILES string of the molecule is C.C[C@]1(C=O)CCCc2cc3c(cnn3-c3ccc(F)cc3)cc21.C[C@]1(CO)CCCc2cc3c(cnn3-c3ccc(F)cc3)cc21.[V].[W]. The largest absolute Gasteiger partial charge is 0.395 e. The Balaban J connectivity index is 0.000000208. The van der Waals surface area contributed by atoms with E-state index in [-0.39, 0.29) is 70.7 Å². The van der Waals surface area contributed by atoms with Crippen molar-refractivity contribution in [1.29, 1.82) is 0 Å². The van der Waals surface area contributed by atoms with Crippen LogP contribution in [0.3, 0.4) is 0 Å². The first-order valence-corrected chi connectivity index (χ1v) is 15.8. The molecular formula is C39H40F2N4O2VW. The maximum absolute atomic E-state index is 13.1. The molecule has 6 aromatic rings. The van der Waals surface area contributed by atoms with Gasteiger partial charge in [0.1, 0.15) is 17.9 Å². The van der Waals surface area contributed by atoms with Gasteiger partial charge >= 0.3 is 0 Å². The zero-order valence-corrected chi connectivity index (χ0v) is 31.2. The minimum absolute atomic E-state index is 0. The van der Waals surface area contributed by atoms with Gasteiger partial charge in [0.2, 0.25) is 0 Å². The zero-order valence-electron chi connectivity index (χ0n) is 26.9. The van der Waals surface area contributed by atoms with Crippen molar-refractivity contribution in [2.75, 3.05) is 6.61 Å². The smallest absolute Gasteiger partial charge is 0.130 e. The van der Waals surface area contributed by atoms with Crippen LogP contribution >= 0.6 is 0 Å². The molecular weight excluding hydrogens is 829 g/mol. The van der Waals surface area contributed by atoms with Crippen LogP contribution in [0.5, 0.6) is 0 Å². The Morgan fingerprint density at radius 1 is 0.755 bits per heavy atom. The molecule has 0 saturated heterocycles. The molecule has 2 aliphatic rings. The number of benzene rings is 4. The third-order valence-corrected chi connectivity index (χ3v) is 9.92. The van der Waals surface area contributed by atoms with Gasteiger partial charge in [-0.3, -0.25) is 0 Å². The van der Waals surface area contributed by atoms with Gasteiger partial charge in [-0.05, 0) is 140 Å². The Labute approximate surface area is 312 Å². The Morgan fingerprint density at radius 3 is 1.67 bits per heavy atom. The molecule has 0 fully saturated rings. The molecule has 6 nitrogen and oxygen atoms in total. The predicted molar refractivity (Wildman–Crippen MR) is 183 cm³/mol. The average Bonchev–Trinajstić information content (AvgIpc) is 3.68. The summed E-state index contributed by atoms with van der Waals surface area (Å²) in [4.78, 5) is 11.6. The van der Waals surface area contributed by atoms with E-state index < -0.39 is 5.41 Å². The summed E-state index contributed by atoms with van der Waals surface area (Å²) in [5.41, 5.74) is 7.97. The van der Waals surface area contributed by atoms with Crippen LogP contribution in [0, 0.1) is 11.6 Å². The summed E-state index contributed by atoms with van der Waals surface area (Å²) in [6.45, 7) is 4.30. The normalized spacial score (nSPS) is 19.3. The molecule has 253 valence electrons. The number of aldehydes is 1. The molecule has 1 radical (unpaired) electrons. The molecule has 0 amide bonds. The molecule has 0 spiro atoms. The van der Waals surface area contributed by atoms with Crippen LogP contribution in [-0.4, -0.2) is 37.6 Å². The number of rotatable bonds is 4. The molecule has 2 heterocycles. The van der Waals surface area contributed by atoms with Crippen LogP contribution in [0.15, 0.2) is 85.2 Å². The molecule has 8 rings (SSSR count). The third kappa shape index (κ3) is 7.12. The fraction of sp³-hybridized carbons (Fsp3) is 0.308. The van der Waals surface area contributed by atoms with Crippen molar-refractivity contribution < 1.29 is 58.3 Å². The number of halogens is 2. The molecule has 0 unspecified atom stereocenters. The van der Waals surface area contributed by atoms with Crippen molar-refractivity contribution in [3.63, 3.8) is 0 Å². The summed E-state index contributed by atoms with van der Waals surface area (Å²) in [6, 6.07) is 21.2. The molecule has 0 aliphatic heterocycles. The van der Waals surface area contributed by atoms with E-state index in [9.17, 15) is 18.7 Å². The van der Waals surface area contributed by atoms with E-state index in [1.54, 1.807) is 30.5 Å². The summed E-state index contributed by atoms with van der Waals surface area (Å²) in [7, 11) is 0. The maximum atomic E-state index is 13.1. The van der Waals surface area contributed by atoms with Gasteiger partial charge < -0.3 is 9.90 Å². The van der Waals surface area contributed by atoms with E-state index in [4.69, 9.17) is 0 Å². The monoisotopic (exact) mass is 869 g/mol. The Hall–Kier alpha value is -3.42. The zero-order chi connectivity index (χ0) is 32.1. The quantitative estimate of drug-likeness (QED) is 0.181. The first-order chi connectivity index (χ1) is 22.2. The van der Waals surface area contributed by atoms with E-state index >= 15 is 0 Å². The summed E-state index contributed by atoms with van der Waals surface area (Å²) >= 11 is 0. The van der Waals surface area contributed by atoms with Crippen molar-refractivity contribution in [2.24, 2.45) is 0 Å². The van der Waals surface area contributed by atoms with Gasteiger partial charge in [0.15, 0.2) is 0 Å². The fourth-order valence-corrected chi connectivity index (χ4v) is 7.19. The minimum Gasteiger partial charge on any atom is -0.395 e. The number of carbonyl (C=O) groups is 1. The number of hydrogen-bond donors (Lipinski definition) is 1. The van der Waals surface area contributed by atoms with Crippen LogP contribution in [0.1, 0.15) is 69.2 Å². The maximum Gasteiger partial charge on any atom is 0.130 e. The van der Waals surface area contributed by atoms with E-state index in [0.717, 1.165) is 83.6 Å².